The molecule has 1 heterocycles. The van der Waals surface area contributed by atoms with Crippen LogP contribution in [-0.4, -0.2) is 37.6 Å². The zero-order valence-corrected chi connectivity index (χ0v) is 15.4. The van der Waals surface area contributed by atoms with Gasteiger partial charge in [-0.1, -0.05) is 12.1 Å². The van der Waals surface area contributed by atoms with Crippen molar-refractivity contribution in [2.24, 2.45) is 0 Å². The van der Waals surface area contributed by atoms with E-state index in [1.807, 2.05) is 12.1 Å². The summed E-state index contributed by atoms with van der Waals surface area (Å²) < 4.78 is 10.9. The van der Waals surface area contributed by atoms with E-state index in [9.17, 15) is 10.1 Å². The Labute approximate surface area is 153 Å². The lowest BCUT2D eigenvalue weighted by atomic mass is 9.89. The van der Waals surface area contributed by atoms with Crippen LogP contribution in [0.15, 0.2) is 36.4 Å². The van der Waals surface area contributed by atoms with Crippen molar-refractivity contribution < 1.29 is 14.4 Å². The van der Waals surface area contributed by atoms with Crippen LogP contribution in [0.3, 0.4) is 0 Å². The number of fused-ring (bicyclic) bond motifs is 1. The number of benzene rings is 2. The number of ether oxygens (including phenoxy) is 2. The van der Waals surface area contributed by atoms with E-state index in [0.717, 1.165) is 42.9 Å². The Bertz CT molecular complexity index is 789. The van der Waals surface area contributed by atoms with E-state index in [2.05, 4.69) is 24.1 Å². The molecule has 6 nitrogen and oxygen atoms in total. The summed E-state index contributed by atoms with van der Waals surface area (Å²) >= 11 is 0. The molecule has 0 unspecified atom stereocenters. The number of non-ortho nitro benzene ring substituents is 1. The minimum atomic E-state index is -0.366. The molecule has 3 rings (SSSR count). The number of rotatable bonds is 6. The number of hydrogen-bond donors (Lipinski definition) is 0. The molecule has 0 amide bonds. The van der Waals surface area contributed by atoms with Crippen molar-refractivity contribution in [1.82, 2.24) is 4.90 Å². The van der Waals surface area contributed by atoms with Crippen molar-refractivity contribution in [3.05, 3.63) is 63.2 Å². The van der Waals surface area contributed by atoms with Crippen LogP contribution in [0.4, 0.5) is 5.69 Å². The first-order valence-corrected chi connectivity index (χ1v) is 8.72. The van der Waals surface area contributed by atoms with E-state index >= 15 is 0 Å². The van der Waals surface area contributed by atoms with Crippen molar-refractivity contribution in [2.75, 3.05) is 27.8 Å². The van der Waals surface area contributed by atoms with Crippen molar-refractivity contribution in [1.29, 1.82) is 0 Å². The summed E-state index contributed by atoms with van der Waals surface area (Å²) in [5.41, 5.74) is 3.81. The summed E-state index contributed by atoms with van der Waals surface area (Å²) in [5.74, 6) is 1.52. The van der Waals surface area contributed by atoms with Gasteiger partial charge < -0.3 is 9.47 Å². The third-order valence-electron chi connectivity index (χ3n) is 5.12. The summed E-state index contributed by atoms with van der Waals surface area (Å²) in [6, 6.07) is 11.3. The number of nitro benzene ring substituents is 1. The lowest BCUT2D eigenvalue weighted by Gasteiger charge is -2.35. The molecule has 1 aliphatic rings. The average molecular weight is 356 g/mol. The number of likely N-dealkylation sites (N-methyl/N-ethyl adjacent to an activating group) is 1. The van der Waals surface area contributed by atoms with Gasteiger partial charge in [-0.3, -0.25) is 15.0 Å². The zero-order chi connectivity index (χ0) is 18.7. The minimum Gasteiger partial charge on any atom is -0.493 e. The highest BCUT2D eigenvalue weighted by atomic mass is 16.6. The zero-order valence-electron chi connectivity index (χ0n) is 15.4. The molecule has 0 N–H and O–H groups in total. The van der Waals surface area contributed by atoms with E-state index in [1.165, 1.54) is 11.1 Å². The van der Waals surface area contributed by atoms with Crippen molar-refractivity contribution in [3.63, 3.8) is 0 Å². The second-order valence-corrected chi connectivity index (χ2v) is 6.61. The Morgan fingerprint density at radius 2 is 1.81 bits per heavy atom. The van der Waals surface area contributed by atoms with Gasteiger partial charge in [0, 0.05) is 24.7 Å². The Kier molecular flexibility index (Phi) is 5.42. The topological polar surface area (TPSA) is 64.8 Å². The van der Waals surface area contributed by atoms with E-state index in [0.29, 0.717) is 0 Å². The van der Waals surface area contributed by atoms with Gasteiger partial charge in [-0.25, -0.2) is 0 Å². The molecule has 0 spiro atoms. The molecule has 138 valence electrons. The molecular formula is C20H24N2O4. The molecule has 1 aliphatic heterocycles. The van der Waals surface area contributed by atoms with Crippen molar-refractivity contribution >= 4 is 5.69 Å². The third kappa shape index (κ3) is 3.65. The average Bonchev–Trinajstić information content (AvgIpc) is 2.66. The summed E-state index contributed by atoms with van der Waals surface area (Å²) in [5, 5.41) is 10.8. The normalized spacial score (nSPS) is 16.8. The van der Waals surface area contributed by atoms with Crippen LogP contribution >= 0.6 is 0 Å². The van der Waals surface area contributed by atoms with Gasteiger partial charge in [0.2, 0.25) is 0 Å². The molecular weight excluding hydrogens is 332 g/mol. The Balaban J connectivity index is 1.80. The van der Waals surface area contributed by atoms with Crippen molar-refractivity contribution in [2.45, 2.75) is 25.3 Å². The highest BCUT2D eigenvalue weighted by Gasteiger charge is 2.26. The molecule has 0 radical (unpaired) electrons. The van der Waals surface area contributed by atoms with Crippen LogP contribution in [0.5, 0.6) is 11.5 Å². The highest BCUT2D eigenvalue weighted by molar-refractivity contribution is 5.49. The fourth-order valence-corrected chi connectivity index (χ4v) is 3.62. The molecule has 0 aromatic heterocycles. The summed E-state index contributed by atoms with van der Waals surface area (Å²) in [6.07, 6.45) is 2.79. The Morgan fingerprint density at radius 3 is 2.42 bits per heavy atom. The van der Waals surface area contributed by atoms with E-state index < -0.39 is 0 Å². The molecule has 0 saturated carbocycles. The number of nitrogens with zero attached hydrogens (tertiary/aromatic N) is 2. The third-order valence-corrected chi connectivity index (χ3v) is 5.12. The highest BCUT2D eigenvalue weighted by Crippen LogP contribution is 2.39. The number of aryl methyl sites for hydroxylation is 1. The summed E-state index contributed by atoms with van der Waals surface area (Å²) in [7, 11) is 5.45. The fraction of sp³-hybridized carbons (Fsp3) is 0.400. The van der Waals surface area contributed by atoms with Crippen LogP contribution in [0.1, 0.15) is 29.2 Å². The van der Waals surface area contributed by atoms with Gasteiger partial charge in [0.15, 0.2) is 11.5 Å². The summed E-state index contributed by atoms with van der Waals surface area (Å²) in [6.45, 7) is 0.993. The van der Waals surface area contributed by atoms with E-state index in [-0.39, 0.29) is 16.7 Å². The maximum absolute atomic E-state index is 10.8. The predicted octanol–water partition coefficient (Wildman–Crippen LogP) is 3.77. The van der Waals surface area contributed by atoms with Gasteiger partial charge >= 0.3 is 0 Å². The van der Waals surface area contributed by atoms with Crippen LogP contribution in [-0.2, 0) is 12.8 Å². The lowest BCUT2D eigenvalue weighted by molar-refractivity contribution is -0.384. The number of hydrogen-bond acceptors (Lipinski definition) is 5. The molecule has 2 aromatic rings. The first kappa shape index (κ1) is 18.2. The monoisotopic (exact) mass is 356 g/mol. The number of nitro groups is 1. The van der Waals surface area contributed by atoms with Gasteiger partial charge in [0.1, 0.15) is 0 Å². The van der Waals surface area contributed by atoms with Crippen LogP contribution in [0.25, 0.3) is 0 Å². The maximum Gasteiger partial charge on any atom is 0.269 e. The van der Waals surface area contributed by atoms with Crippen LogP contribution in [0.2, 0.25) is 0 Å². The van der Waals surface area contributed by atoms with Gasteiger partial charge in [-0.05, 0) is 55.1 Å². The molecule has 0 aliphatic carbocycles. The van der Waals surface area contributed by atoms with Crippen LogP contribution < -0.4 is 9.47 Å². The molecule has 0 saturated heterocycles. The van der Waals surface area contributed by atoms with E-state index in [1.54, 1.807) is 26.4 Å². The maximum atomic E-state index is 10.8. The van der Waals surface area contributed by atoms with Gasteiger partial charge in [-0.15, -0.1) is 0 Å². The molecule has 26 heavy (non-hydrogen) atoms. The Hall–Kier alpha value is -2.60. The van der Waals surface area contributed by atoms with Gasteiger partial charge in [0.25, 0.3) is 5.69 Å². The standard InChI is InChI=1S/C20H24N2O4/c1-21-11-10-15-12-19(25-2)20(26-3)13-17(15)18(21)9-6-14-4-7-16(8-5-14)22(23)24/h4-5,7-8,12-13,18H,6,9-11H2,1-3H3/t18-/m0/s1. The quantitative estimate of drug-likeness (QED) is 0.582. The van der Waals surface area contributed by atoms with Crippen LogP contribution in [0, 0.1) is 10.1 Å². The lowest BCUT2D eigenvalue weighted by Crippen LogP contribution is -2.32. The molecule has 1 atom stereocenters. The first-order chi connectivity index (χ1) is 12.5. The summed E-state index contributed by atoms with van der Waals surface area (Å²) in [4.78, 5) is 12.8. The van der Waals surface area contributed by atoms with E-state index in [4.69, 9.17) is 9.47 Å². The second-order valence-electron chi connectivity index (χ2n) is 6.61. The van der Waals surface area contributed by atoms with Gasteiger partial charge in [-0.2, -0.15) is 0 Å². The molecule has 2 aromatic carbocycles. The number of methoxy groups -OCH3 is 2. The Morgan fingerprint density at radius 1 is 1.15 bits per heavy atom. The smallest absolute Gasteiger partial charge is 0.269 e. The molecule has 0 bridgehead atoms. The molecule has 6 heteroatoms. The minimum absolute atomic E-state index is 0.130. The molecule has 0 fully saturated rings. The SMILES string of the molecule is COc1cc2c(cc1OC)[C@H](CCc1ccc([N+](=O)[O-])cc1)N(C)CC2. The second kappa shape index (κ2) is 7.74. The predicted molar refractivity (Wildman–Crippen MR) is 100 cm³/mol. The van der Waals surface area contributed by atoms with Crippen molar-refractivity contribution in [3.8, 4) is 11.5 Å². The fourth-order valence-electron chi connectivity index (χ4n) is 3.62. The largest absolute Gasteiger partial charge is 0.493 e. The van der Waals surface area contributed by atoms with Gasteiger partial charge in [0.05, 0.1) is 19.1 Å². The first-order valence-electron chi connectivity index (χ1n) is 8.72.